The molecule has 4 nitrogen and oxygen atoms in total. The summed E-state index contributed by atoms with van der Waals surface area (Å²) >= 11 is 0. The summed E-state index contributed by atoms with van der Waals surface area (Å²) in [5.74, 6) is -1.35. The van der Waals surface area contributed by atoms with Crippen molar-refractivity contribution in [2.75, 3.05) is 0 Å². The van der Waals surface area contributed by atoms with Crippen LogP contribution in [0.1, 0.15) is 116 Å². The second-order valence-corrected chi connectivity index (χ2v) is 6.94. The van der Waals surface area contributed by atoms with Crippen molar-refractivity contribution in [3.05, 3.63) is 0 Å². The van der Waals surface area contributed by atoms with E-state index >= 15 is 0 Å². The summed E-state index contributed by atoms with van der Waals surface area (Å²) in [6, 6.07) is 0. The zero-order valence-corrected chi connectivity index (χ0v) is 15.4. The number of unbranched alkanes of at least 4 members (excludes halogenated alkanes) is 15. The first kappa shape index (κ1) is 27.4. The van der Waals surface area contributed by atoms with E-state index in [0.29, 0.717) is 12.8 Å². The first-order valence-electron chi connectivity index (χ1n) is 10.1. The molecule has 0 spiro atoms. The van der Waals surface area contributed by atoms with E-state index in [1.54, 1.807) is 0 Å². The Morgan fingerprint density at radius 2 is 0.560 bits per heavy atom. The summed E-state index contributed by atoms with van der Waals surface area (Å²) in [7, 11) is 0. The van der Waals surface area contributed by atoms with Crippen LogP contribution in [0.4, 0.5) is 0 Å². The molecule has 0 aromatic heterocycles. The van der Waals surface area contributed by atoms with Gasteiger partial charge in [-0.05, 0) is 12.8 Å². The van der Waals surface area contributed by atoms with E-state index in [1.807, 2.05) is 0 Å². The van der Waals surface area contributed by atoms with Crippen LogP contribution < -0.4 is 0 Å². The average Bonchev–Trinajstić information content (AvgIpc) is 2.53. The van der Waals surface area contributed by atoms with Crippen molar-refractivity contribution in [2.45, 2.75) is 116 Å². The van der Waals surface area contributed by atoms with Crippen LogP contribution in [0.5, 0.6) is 0 Å². The molecule has 0 aliphatic carbocycles. The summed E-state index contributed by atoms with van der Waals surface area (Å²) in [4.78, 5) is 20.7. The molecule has 25 heavy (non-hydrogen) atoms. The minimum absolute atomic E-state index is 0. The Hall–Kier alpha value is 0.200. The second-order valence-electron chi connectivity index (χ2n) is 6.94. The first-order chi connectivity index (χ1) is 11.6. The Balaban J connectivity index is 0. The molecular formula is C20H40CaO4. The zero-order valence-electron chi connectivity index (χ0n) is 15.4. The molecule has 0 saturated carbocycles. The van der Waals surface area contributed by atoms with Crippen molar-refractivity contribution in [1.82, 2.24) is 0 Å². The molecule has 0 saturated heterocycles. The van der Waals surface area contributed by atoms with Crippen molar-refractivity contribution in [3.8, 4) is 0 Å². The molecule has 0 unspecified atom stereocenters. The van der Waals surface area contributed by atoms with Gasteiger partial charge in [-0.3, -0.25) is 9.59 Å². The van der Waals surface area contributed by atoms with Gasteiger partial charge in [0, 0.05) is 12.8 Å². The van der Waals surface area contributed by atoms with Crippen LogP contribution >= 0.6 is 0 Å². The molecule has 0 aliphatic rings. The molecule has 0 atom stereocenters. The van der Waals surface area contributed by atoms with Crippen molar-refractivity contribution >= 4 is 49.7 Å². The normalized spacial score (nSPS) is 10.4. The molecule has 0 radical (unpaired) electrons. The topological polar surface area (TPSA) is 74.6 Å². The summed E-state index contributed by atoms with van der Waals surface area (Å²) in [5.41, 5.74) is 0. The van der Waals surface area contributed by atoms with E-state index in [1.165, 1.54) is 77.0 Å². The molecule has 0 heterocycles. The van der Waals surface area contributed by atoms with Crippen LogP contribution in [0.2, 0.25) is 0 Å². The van der Waals surface area contributed by atoms with Crippen LogP contribution in [-0.4, -0.2) is 59.9 Å². The predicted molar refractivity (Wildman–Crippen MR) is 107 cm³/mol. The van der Waals surface area contributed by atoms with E-state index in [4.69, 9.17) is 10.2 Å². The molecule has 0 aromatic carbocycles. The fourth-order valence-electron chi connectivity index (χ4n) is 3.03. The van der Waals surface area contributed by atoms with Crippen molar-refractivity contribution in [3.63, 3.8) is 0 Å². The molecule has 0 fully saturated rings. The number of carboxylic acids is 2. The molecule has 0 amide bonds. The number of carboxylic acid groups (broad SMARTS) is 2. The average molecular weight is 385 g/mol. The number of hydrogen-bond donors (Lipinski definition) is 2. The summed E-state index contributed by atoms with van der Waals surface area (Å²) in [6.07, 6.45) is 19.9. The van der Waals surface area contributed by atoms with Gasteiger partial charge in [-0.1, -0.05) is 89.9 Å². The van der Waals surface area contributed by atoms with Gasteiger partial charge >= 0.3 is 49.7 Å². The Morgan fingerprint density at radius 1 is 0.400 bits per heavy atom. The third-order valence-electron chi connectivity index (χ3n) is 4.53. The van der Waals surface area contributed by atoms with E-state index in [9.17, 15) is 9.59 Å². The van der Waals surface area contributed by atoms with Crippen LogP contribution in [-0.2, 0) is 9.59 Å². The number of hydrogen-bond acceptors (Lipinski definition) is 2. The monoisotopic (exact) mass is 384 g/mol. The van der Waals surface area contributed by atoms with Crippen LogP contribution in [0.3, 0.4) is 0 Å². The van der Waals surface area contributed by atoms with Gasteiger partial charge in [0.25, 0.3) is 0 Å². The van der Waals surface area contributed by atoms with Crippen LogP contribution in [0, 0.1) is 0 Å². The van der Waals surface area contributed by atoms with Crippen LogP contribution in [0.15, 0.2) is 0 Å². The van der Waals surface area contributed by atoms with E-state index < -0.39 is 11.9 Å². The number of aliphatic carboxylic acids is 2. The van der Waals surface area contributed by atoms with E-state index in [-0.39, 0.29) is 37.7 Å². The quantitative estimate of drug-likeness (QED) is 0.235. The Kier molecular flexibility index (Phi) is 24.4. The van der Waals surface area contributed by atoms with Gasteiger partial charge in [0.05, 0.1) is 0 Å². The molecule has 0 bridgehead atoms. The van der Waals surface area contributed by atoms with Gasteiger partial charge < -0.3 is 10.2 Å². The van der Waals surface area contributed by atoms with Crippen molar-refractivity contribution in [2.24, 2.45) is 0 Å². The predicted octanol–water partition coefficient (Wildman–Crippen LogP) is 5.26. The summed E-state index contributed by atoms with van der Waals surface area (Å²) in [6.45, 7) is 0. The van der Waals surface area contributed by atoms with Gasteiger partial charge in [0.2, 0.25) is 0 Å². The standard InChI is InChI=1S/C20H38O4.Ca.2H/c21-19(22)17-15-13-11-9-7-5-3-1-2-4-6-8-10-12-14-16-18-20(23)24;;;/h1-18H2,(H,21,22)(H,23,24);;;. The maximum atomic E-state index is 10.4. The molecule has 0 aliphatic heterocycles. The fraction of sp³-hybridized carbons (Fsp3) is 0.900. The molecule has 0 rings (SSSR count). The SMILES string of the molecule is O=C(O)CCCCCCCCCCCCCCCCCCC(=O)O.[CaH2]. The van der Waals surface area contributed by atoms with Gasteiger partial charge in [-0.15, -0.1) is 0 Å². The van der Waals surface area contributed by atoms with Gasteiger partial charge in [-0.2, -0.15) is 0 Å². The number of rotatable bonds is 19. The Labute approximate surface area is 184 Å². The minimum atomic E-state index is -0.673. The Bertz CT molecular complexity index is 278. The molecule has 2 N–H and O–H groups in total. The fourth-order valence-corrected chi connectivity index (χ4v) is 3.03. The Morgan fingerprint density at radius 3 is 0.720 bits per heavy atom. The first-order valence-corrected chi connectivity index (χ1v) is 10.1. The third-order valence-corrected chi connectivity index (χ3v) is 4.53. The third kappa shape index (κ3) is 26.5. The maximum absolute atomic E-state index is 10.4. The van der Waals surface area contributed by atoms with Gasteiger partial charge in [-0.25, -0.2) is 0 Å². The van der Waals surface area contributed by atoms with E-state index in [0.717, 1.165) is 25.7 Å². The summed E-state index contributed by atoms with van der Waals surface area (Å²) in [5, 5.41) is 17.1. The van der Waals surface area contributed by atoms with Crippen molar-refractivity contribution in [1.29, 1.82) is 0 Å². The molecule has 0 aromatic rings. The molecule has 5 heteroatoms. The number of carbonyl (C=O) groups is 2. The van der Waals surface area contributed by atoms with E-state index in [2.05, 4.69) is 0 Å². The molecular weight excluding hydrogens is 344 g/mol. The summed E-state index contributed by atoms with van der Waals surface area (Å²) < 4.78 is 0. The van der Waals surface area contributed by atoms with Gasteiger partial charge in [0.15, 0.2) is 0 Å². The second kappa shape index (κ2) is 22.2. The zero-order chi connectivity index (χ0) is 17.9. The van der Waals surface area contributed by atoms with Crippen molar-refractivity contribution < 1.29 is 19.8 Å². The van der Waals surface area contributed by atoms with Gasteiger partial charge in [0.1, 0.15) is 0 Å². The molecule has 146 valence electrons. The van der Waals surface area contributed by atoms with Crippen LogP contribution in [0.25, 0.3) is 0 Å².